The zero-order valence-electron chi connectivity index (χ0n) is 17.5. The molecule has 160 valence electrons. The summed E-state index contributed by atoms with van der Waals surface area (Å²) in [5.41, 5.74) is -0.633. The zero-order chi connectivity index (χ0) is 20.7. The molecule has 0 aromatic heterocycles. The Kier molecular flexibility index (Phi) is 8.42. The molecule has 3 amide bonds. The fourth-order valence-electron chi connectivity index (χ4n) is 3.53. The number of carbonyl (C=O) groups is 3. The third-order valence-corrected chi connectivity index (χ3v) is 5.49. The van der Waals surface area contributed by atoms with Crippen LogP contribution in [0.5, 0.6) is 0 Å². The number of carbonyl (C=O) groups excluding carboxylic acids is 3. The van der Waals surface area contributed by atoms with Crippen molar-refractivity contribution in [3.05, 3.63) is 0 Å². The number of nitrogens with one attached hydrogen (secondary N) is 2. The number of hydrogen-bond acceptors (Lipinski definition) is 6. The molecule has 2 heterocycles. The summed E-state index contributed by atoms with van der Waals surface area (Å²) >= 11 is 1.61. The van der Waals surface area contributed by atoms with E-state index in [1.807, 2.05) is 11.2 Å². The molecule has 0 radical (unpaired) electrons. The van der Waals surface area contributed by atoms with Crippen molar-refractivity contribution in [1.82, 2.24) is 20.4 Å². The van der Waals surface area contributed by atoms with E-state index in [1.165, 1.54) is 0 Å². The SMILES string of the molecule is CSCC[C@H](NC(=O)OC(C)(C)C)C(=O)N1CCC[C@H]1C(=O)N1CCNCC1. The van der Waals surface area contributed by atoms with Crippen LogP contribution in [0.25, 0.3) is 0 Å². The Labute approximate surface area is 172 Å². The van der Waals surface area contributed by atoms with Gasteiger partial charge in [-0.3, -0.25) is 9.59 Å². The smallest absolute Gasteiger partial charge is 0.408 e. The van der Waals surface area contributed by atoms with Crippen molar-refractivity contribution in [2.75, 3.05) is 44.7 Å². The molecule has 0 aliphatic carbocycles. The van der Waals surface area contributed by atoms with E-state index in [0.717, 1.165) is 25.3 Å². The zero-order valence-corrected chi connectivity index (χ0v) is 18.3. The summed E-state index contributed by atoms with van der Waals surface area (Å²) < 4.78 is 5.32. The van der Waals surface area contributed by atoms with Crippen molar-refractivity contribution in [3.63, 3.8) is 0 Å². The van der Waals surface area contributed by atoms with Crippen LogP contribution in [0.2, 0.25) is 0 Å². The Hall–Kier alpha value is -1.48. The molecule has 2 rings (SSSR count). The average Bonchev–Trinajstić information content (AvgIpc) is 3.12. The maximum atomic E-state index is 13.2. The van der Waals surface area contributed by atoms with Gasteiger partial charge in [0.15, 0.2) is 0 Å². The first-order chi connectivity index (χ1) is 13.2. The summed E-state index contributed by atoms with van der Waals surface area (Å²) in [6, 6.07) is -1.11. The Bertz CT molecular complexity index is 561. The van der Waals surface area contributed by atoms with Crippen molar-refractivity contribution in [2.45, 2.75) is 57.7 Å². The van der Waals surface area contributed by atoms with Crippen molar-refractivity contribution in [1.29, 1.82) is 0 Å². The predicted octanol–water partition coefficient (Wildman–Crippen LogP) is 1.06. The van der Waals surface area contributed by atoms with E-state index in [4.69, 9.17) is 4.74 Å². The molecule has 2 fully saturated rings. The number of rotatable bonds is 6. The van der Waals surface area contributed by atoms with Crippen molar-refractivity contribution >= 4 is 29.7 Å². The van der Waals surface area contributed by atoms with E-state index in [0.29, 0.717) is 32.5 Å². The molecule has 0 spiro atoms. The van der Waals surface area contributed by atoms with E-state index in [1.54, 1.807) is 37.4 Å². The van der Waals surface area contributed by atoms with Gasteiger partial charge in [0.05, 0.1) is 0 Å². The van der Waals surface area contributed by atoms with Crippen molar-refractivity contribution in [3.8, 4) is 0 Å². The number of ether oxygens (including phenoxy) is 1. The fourth-order valence-corrected chi connectivity index (χ4v) is 4.00. The number of amides is 3. The minimum absolute atomic E-state index is 0.0215. The maximum absolute atomic E-state index is 13.2. The van der Waals surface area contributed by atoms with Gasteiger partial charge in [0.1, 0.15) is 17.7 Å². The molecule has 9 heteroatoms. The second-order valence-corrected chi connectivity index (χ2v) is 9.23. The van der Waals surface area contributed by atoms with Crippen LogP contribution >= 0.6 is 11.8 Å². The first-order valence-electron chi connectivity index (χ1n) is 10.0. The minimum Gasteiger partial charge on any atom is -0.444 e. The molecule has 0 bridgehead atoms. The monoisotopic (exact) mass is 414 g/mol. The number of nitrogens with zero attached hydrogens (tertiary/aromatic N) is 2. The molecule has 2 saturated heterocycles. The molecule has 0 aromatic rings. The molecule has 0 unspecified atom stereocenters. The quantitative estimate of drug-likeness (QED) is 0.675. The molecular weight excluding hydrogens is 380 g/mol. The fraction of sp³-hybridized carbons (Fsp3) is 0.842. The van der Waals surface area contributed by atoms with Crippen LogP contribution in [0.3, 0.4) is 0 Å². The maximum Gasteiger partial charge on any atom is 0.408 e. The normalized spacial score (nSPS) is 21.4. The van der Waals surface area contributed by atoms with Gasteiger partial charge in [-0.25, -0.2) is 4.79 Å². The number of likely N-dealkylation sites (tertiary alicyclic amines) is 1. The lowest BCUT2D eigenvalue weighted by Crippen LogP contribution is -2.56. The van der Waals surface area contributed by atoms with Gasteiger partial charge in [0, 0.05) is 32.7 Å². The average molecular weight is 415 g/mol. The molecule has 2 aliphatic heterocycles. The molecular formula is C19H34N4O4S. The number of hydrogen-bond donors (Lipinski definition) is 2. The molecule has 28 heavy (non-hydrogen) atoms. The molecule has 2 aliphatic rings. The van der Waals surface area contributed by atoms with Crippen LogP contribution < -0.4 is 10.6 Å². The van der Waals surface area contributed by atoms with Gasteiger partial charge in [-0.05, 0) is 52.0 Å². The second kappa shape index (κ2) is 10.3. The molecule has 0 aromatic carbocycles. The summed E-state index contributed by atoms with van der Waals surface area (Å²) in [6.45, 7) is 8.81. The lowest BCUT2D eigenvalue weighted by molar-refractivity contribution is -0.145. The summed E-state index contributed by atoms with van der Waals surface area (Å²) in [7, 11) is 0. The lowest BCUT2D eigenvalue weighted by Gasteiger charge is -2.34. The number of piperazine rings is 1. The Morgan fingerprint density at radius 3 is 2.50 bits per heavy atom. The highest BCUT2D eigenvalue weighted by Gasteiger charge is 2.39. The lowest BCUT2D eigenvalue weighted by atomic mass is 10.1. The first-order valence-corrected chi connectivity index (χ1v) is 11.4. The van der Waals surface area contributed by atoms with Crippen LogP contribution in [0, 0.1) is 0 Å². The Balaban J connectivity index is 2.05. The van der Waals surface area contributed by atoms with Gasteiger partial charge < -0.3 is 25.2 Å². The van der Waals surface area contributed by atoms with Gasteiger partial charge in [-0.15, -0.1) is 0 Å². The van der Waals surface area contributed by atoms with E-state index in [-0.39, 0.29) is 11.8 Å². The van der Waals surface area contributed by atoms with E-state index in [2.05, 4.69) is 10.6 Å². The van der Waals surface area contributed by atoms with Crippen LogP contribution in [0.4, 0.5) is 4.79 Å². The standard InChI is InChI=1S/C19H34N4O4S/c1-19(2,3)27-18(26)21-14(7-13-28-4)16(24)23-10-5-6-15(23)17(25)22-11-8-20-9-12-22/h14-15,20H,5-13H2,1-4H3,(H,21,26)/t14-,15-/m0/s1. The van der Waals surface area contributed by atoms with E-state index >= 15 is 0 Å². The van der Waals surface area contributed by atoms with Crippen LogP contribution in [-0.4, -0.2) is 90.1 Å². The van der Waals surface area contributed by atoms with Crippen LogP contribution in [0.1, 0.15) is 40.0 Å². The highest BCUT2D eigenvalue weighted by atomic mass is 32.2. The first kappa shape index (κ1) is 22.8. The Morgan fingerprint density at radius 2 is 1.89 bits per heavy atom. The van der Waals surface area contributed by atoms with E-state index in [9.17, 15) is 14.4 Å². The summed E-state index contributed by atoms with van der Waals surface area (Å²) in [5.74, 6) is 0.565. The van der Waals surface area contributed by atoms with E-state index < -0.39 is 23.8 Å². The van der Waals surface area contributed by atoms with Crippen LogP contribution in [-0.2, 0) is 14.3 Å². The molecule has 2 atom stereocenters. The molecule has 8 nitrogen and oxygen atoms in total. The highest BCUT2D eigenvalue weighted by Crippen LogP contribution is 2.22. The largest absolute Gasteiger partial charge is 0.444 e. The van der Waals surface area contributed by atoms with Gasteiger partial charge >= 0.3 is 6.09 Å². The third-order valence-electron chi connectivity index (χ3n) is 4.85. The molecule has 0 saturated carbocycles. The summed E-state index contributed by atoms with van der Waals surface area (Å²) in [6.07, 6.45) is 3.34. The highest BCUT2D eigenvalue weighted by molar-refractivity contribution is 7.98. The second-order valence-electron chi connectivity index (χ2n) is 8.25. The van der Waals surface area contributed by atoms with Crippen molar-refractivity contribution in [2.24, 2.45) is 0 Å². The predicted molar refractivity (Wildman–Crippen MR) is 110 cm³/mol. The van der Waals surface area contributed by atoms with Gasteiger partial charge in [-0.2, -0.15) is 11.8 Å². The summed E-state index contributed by atoms with van der Waals surface area (Å²) in [5, 5.41) is 5.96. The van der Waals surface area contributed by atoms with Gasteiger partial charge in [0.2, 0.25) is 11.8 Å². The minimum atomic E-state index is -0.682. The van der Waals surface area contributed by atoms with Crippen molar-refractivity contribution < 1.29 is 19.1 Å². The topological polar surface area (TPSA) is 91.0 Å². The van der Waals surface area contributed by atoms with Crippen LogP contribution in [0.15, 0.2) is 0 Å². The third kappa shape index (κ3) is 6.55. The van der Waals surface area contributed by atoms with Gasteiger partial charge in [0.25, 0.3) is 0 Å². The van der Waals surface area contributed by atoms with Gasteiger partial charge in [-0.1, -0.05) is 0 Å². The number of alkyl carbamates (subject to hydrolysis) is 1. The number of thioether (sulfide) groups is 1. The Morgan fingerprint density at radius 1 is 1.21 bits per heavy atom. The molecule has 2 N–H and O–H groups in total. The summed E-state index contributed by atoms with van der Waals surface area (Å²) in [4.78, 5) is 41.9.